The fourth-order valence-corrected chi connectivity index (χ4v) is 4.89. The van der Waals surface area contributed by atoms with Gasteiger partial charge in [-0.15, -0.1) is 0 Å². The van der Waals surface area contributed by atoms with E-state index in [1.807, 2.05) is 0 Å². The van der Waals surface area contributed by atoms with Crippen molar-refractivity contribution in [3.8, 4) is 0 Å². The third kappa shape index (κ3) is 9.65. The van der Waals surface area contributed by atoms with Crippen LogP contribution in [0.25, 0.3) is 0 Å². The maximum absolute atomic E-state index is 5.91. The van der Waals surface area contributed by atoms with Crippen LogP contribution in [0.2, 0.25) is 10.6 Å². The van der Waals surface area contributed by atoms with Crippen molar-refractivity contribution in [3.63, 3.8) is 0 Å². The summed E-state index contributed by atoms with van der Waals surface area (Å²) in [6.07, 6.45) is 0.416. The molecular formula is C16H30O7Se. The average Bonchev–Trinajstić information content (AvgIpc) is 3.03. The summed E-state index contributed by atoms with van der Waals surface area (Å²) >= 11 is 0.620. The molecule has 8 heteroatoms. The van der Waals surface area contributed by atoms with Crippen molar-refractivity contribution in [2.24, 2.45) is 0 Å². The van der Waals surface area contributed by atoms with E-state index in [1.54, 1.807) is 0 Å². The first kappa shape index (κ1) is 20.6. The summed E-state index contributed by atoms with van der Waals surface area (Å²) in [6.45, 7) is 7.03. The molecule has 0 N–H and O–H groups in total. The number of rotatable bonds is 0. The molecule has 0 amide bonds. The Hall–Kier alpha value is 0.239. The Balaban J connectivity index is 1.61. The minimum absolute atomic E-state index is 0.208. The standard InChI is InChI=1S/C16H30O7Se/c1-3-18-5-7-20-9-11-22-15-13-24-14-16(15)23-12-10-21-8-6-19-4-2-17-1/h15-16H,1-14H2. The van der Waals surface area contributed by atoms with Gasteiger partial charge in [-0.3, -0.25) is 0 Å². The van der Waals surface area contributed by atoms with Crippen LogP contribution in [0.3, 0.4) is 0 Å². The van der Waals surface area contributed by atoms with Gasteiger partial charge < -0.3 is 0 Å². The molecule has 2 saturated heterocycles. The molecule has 7 nitrogen and oxygen atoms in total. The summed E-state index contributed by atoms with van der Waals surface area (Å²) in [7, 11) is 0. The topological polar surface area (TPSA) is 64.6 Å². The molecular weight excluding hydrogens is 383 g/mol. The van der Waals surface area contributed by atoms with Crippen molar-refractivity contribution < 1.29 is 33.2 Å². The Bertz CT molecular complexity index is 270. The second kappa shape index (κ2) is 14.4. The molecule has 142 valence electrons. The van der Waals surface area contributed by atoms with Crippen LogP contribution < -0.4 is 0 Å². The van der Waals surface area contributed by atoms with Crippen molar-refractivity contribution in [1.29, 1.82) is 0 Å². The molecule has 24 heavy (non-hydrogen) atoms. The number of fused-ring (bicyclic) bond motifs is 1. The average molecular weight is 413 g/mol. The molecule has 2 aliphatic rings. The third-order valence-corrected chi connectivity index (χ3v) is 5.95. The van der Waals surface area contributed by atoms with Crippen molar-refractivity contribution >= 4 is 15.0 Å². The summed E-state index contributed by atoms with van der Waals surface area (Å²) < 4.78 is 39.1. The molecule has 2 rings (SSSR count). The van der Waals surface area contributed by atoms with Crippen LogP contribution in [0.15, 0.2) is 0 Å². The second-order valence-corrected chi connectivity index (χ2v) is 7.67. The van der Waals surface area contributed by atoms with Gasteiger partial charge in [0.15, 0.2) is 0 Å². The summed E-state index contributed by atoms with van der Waals surface area (Å²) in [5.41, 5.74) is 0. The number of hydrogen-bond acceptors (Lipinski definition) is 7. The van der Waals surface area contributed by atoms with Gasteiger partial charge in [-0.1, -0.05) is 0 Å². The predicted octanol–water partition coefficient (Wildman–Crippen LogP) is 0.408. The van der Waals surface area contributed by atoms with Crippen molar-refractivity contribution in [2.75, 3.05) is 79.3 Å². The van der Waals surface area contributed by atoms with Crippen LogP contribution in [-0.2, 0) is 33.2 Å². The second-order valence-electron chi connectivity index (χ2n) is 5.42. The molecule has 2 fully saturated rings. The predicted molar refractivity (Wildman–Crippen MR) is 88.9 cm³/mol. The van der Waals surface area contributed by atoms with Gasteiger partial charge in [0.2, 0.25) is 0 Å². The molecule has 2 heterocycles. The third-order valence-electron chi connectivity index (χ3n) is 3.59. The fraction of sp³-hybridized carbons (Fsp3) is 1.00. The van der Waals surface area contributed by atoms with Crippen LogP contribution in [0.4, 0.5) is 0 Å². The van der Waals surface area contributed by atoms with Gasteiger partial charge in [0.25, 0.3) is 0 Å². The van der Waals surface area contributed by atoms with Crippen molar-refractivity contribution in [2.45, 2.75) is 22.8 Å². The van der Waals surface area contributed by atoms with Gasteiger partial charge in [-0.05, 0) is 0 Å². The zero-order chi connectivity index (χ0) is 16.7. The molecule has 0 aromatic heterocycles. The monoisotopic (exact) mass is 414 g/mol. The van der Waals surface area contributed by atoms with E-state index >= 15 is 0 Å². The van der Waals surface area contributed by atoms with Crippen LogP contribution >= 0.6 is 0 Å². The van der Waals surface area contributed by atoms with E-state index in [2.05, 4.69) is 0 Å². The van der Waals surface area contributed by atoms with E-state index < -0.39 is 0 Å². The van der Waals surface area contributed by atoms with E-state index in [1.165, 1.54) is 0 Å². The SMILES string of the molecule is C1COCCOCCOC2C[Se]CC2OCCOCCOCCO1. The van der Waals surface area contributed by atoms with Crippen LogP contribution in [-0.4, -0.2) is 106 Å². The summed E-state index contributed by atoms with van der Waals surface area (Å²) in [4.78, 5) is 0. The molecule has 2 aliphatic heterocycles. The molecule has 2 atom stereocenters. The maximum atomic E-state index is 5.91. The fourth-order valence-electron chi connectivity index (χ4n) is 2.32. The van der Waals surface area contributed by atoms with Gasteiger partial charge in [0, 0.05) is 0 Å². The number of ether oxygens (including phenoxy) is 7. The van der Waals surface area contributed by atoms with Gasteiger partial charge in [0.1, 0.15) is 0 Å². The Morgan fingerprint density at radius 3 is 1.04 bits per heavy atom. The minimum atomic E-state index is 0.208. The molecule has 0 saturated carbocycles. The molecule has 0 bridgehead atoms. The molecule has 0 aromatic rings. The Labute approximate surface area is 150 Å². The normalized spacial score (nSPS) is 31.0. The van der Waals surface area contributed by atoms with E-state index in [-0.39, 0.29) is 12.2 Å². The van der Waals surface area contributed by atoms with Crippen LogP contribution in [0.1, 0.15) is 0 Å². The Kier molecular flexibility index (Phi) is 12.3. The quantitative estimate of drug-likeness (QED) is 0.533. The van der Waals surface area contributed by atoms with Gasteiger partial charge in [-0.25, -0.2) is 0 Å². The summed E-state index contributed by atoms with van der Waals surface area (Å²) in [5.74, 6) is 0. The molecule has 0 aliphatic carbocycles. The van der Waals surface area contributed by atoms with Crippen LogP contribution in [0.5, 0.6) is 0 Å². The zero-order valence-electron chi connectivity index (χ0n) is 14.3. The van der Waals surface area contributed by atoms with E-state index in [0.29, 0.717) is 94.2 Å². The van der Waals surface area contributed by atoms with E-state index in [0.717, 1.165) is 10.6 Å². The van der Waals surface area contributed by atoms with Gasteiger partial charge >= 0.3 is 150 Å². The van der Waals surface area contributed by atoms with E-state index in [4.69, 9.17) is 33.2 Å². The first-order chi connectivity index (χ1) is 12.0. The molecule has 0 radical (unpaired) electrons. The summed E-state index contributed by atoms with van der Waals surface area (Å²) in [6, 6.07) is 0. The Morgan fingerprint density at radius 2 is 0.708 bits per heavy atom. The first-order valence-electron chi connectivity index (χ1n) is 8.66. The molecule has 2 unspecified atom stereocenters. The molecule has 0 aromatic carbocycles. The van der Waals surface area contributed by atoms with Crippen molar-refractivity contribution in [3.05, 3.63) is 0 Å². The van der Waals surface area contributed by atoms with Gasteiger partial charge in [0.05, 0.1) is 0 Å². The van der Waals surface area contributed by atoms with Crippen molar-refractivity contribution in [1.82, 2.24) is 0 Å². The first-order valence-corrected chi connectivity index (χ1v) is 11.1. The van der Waals surface area contributed by atoms with E-state index in [9.17, 15) is 0 Å². The Morgan fingerprint density at radius 1 is 0.417 bits per heavy atom. The molecule has 0 spiro atoms. The zero-order valence-corrected chi connectivity index (χ0v) is 16.0. The number of hydrogen-bond donors (Lipinski definition) is 0. The summed E-state index contributed by atoms with van der Waals surface area (Å²) in [5, 5.41) is 2.24. The van der Waals surface area contributed by atoms with Gasteiger partial charge in [-0.2, -0.15) is 0 Å². The van der Waals surface area contributed by atoms with Crippen LogP contribution in [0, 0.1) is 0 Å².